The van der Waals surface area contributed by atoms with Crippen LogP contribution in [0.4, 0.5) is 0 Å². The number of hydrogen-bond donors (Lipinski definition) is 1. The van der Waals surface area contributed by atoms with Gasteiger partial charge in [0.2, 0.25) is 5.13 Å². The SMILES string of the molecule is CC(C)c1ncnn1-c1nc2c(s1)CCOc1cc(C(=O)OCC(N)=O)ccc1-2. The predicted octanol–water partition coefficient (Wildman–Crippen LogP) is 2.09. The number of rotatable bonds is 5. The summed E-state index contributed by atoms with van der Waals surface area (Å²) < 4.78 is 12.5. The van der Waals surface area contributed by atoms with Gasteiger partial charge < -0.3 is 15.2 Å². The standard InChI is InChI=1S/C19H19N5O4S/c1-10(2)17-21-9-22-24(17)19-23-16-12-4-3-11(18(26)28-8-15(20)25)7-13(12)27-6-5-14(16)29-19/h3-4,7,9-10H,5-6,8H2,1-2H3,(H2,20,25). The molecule has 0 aliphatic carbocycles. The third kappa shape index (κ3) is 3.70. The van der Waals surface area contributed by atoms with Crippen LogP contribution in [0, 0.1) is 0 Å². The van der Waals surface area contributed by atoms with Crippen LogP contribution in [-0.4, -0.2) is 44.8 Å². The summed E-state index contributed by atoms with van der Waals surface area (Å²) in [4.78, 5) is 33.1. The Balaban J connectivity index is 1.70. The summed E-state index contributed by atoms with van der Waals surface area (Å²) >= 11 is 1.55. The number of ether oxygens (including phenoxy) is 2. The van der Waals surface area contributed by atoms with Crippen LogP contribution in [0.15, 0.2) is 24.5 Å². The molecule has 3 heterocycles. The number of aromatic nitrogens is 4. The zero-order valence-corrected chi connectivity index (χ0v) is 16.7. The summed E-state index contributed by atoms with van der Waals surface area (Å²) in [6, 6.07) is 4.99. The maximum absolute atomic E-state index is 12.1. The Kier molecular flexibility index (Phi) is 5.01. The first kappa shape index (κ1) is 19.1. The van der Waals surface area contributed by atoms with E-state index in [2.05, 4.69) is 23.9 Å². The highest BCUT2D eigenvalue weighted by Gasteiger charge is 2.24. The van der Waals surface area contributed by atoms with Gasteiger partial charge in [-0.25, -0.2) is 14.8 Å². The van der Waals surface area contributed by atoms with Crippen molar-refractivity contribution in [3.8, 4) is 22.1 Å². The van der Waals surface area contributed by atoms with Gasteiger partial charge in [0.15, 0.2) is 6.61 Å². The van der Waals surface area contributed by atoms with Gasteiger partial charge in [0.25, 0.3) is 5.91 Å². The van der Waals surface area contributed by atoms with E-state index in [-0.39, 0.29) is 11.5 Å². The maximum Gasteiger partial charge on any atom is 0.338 e. The first-order chi connectivity index (χ1) is 13.9. The average Bonchev–Trinajstić information content (AvgIpc) is 3.30. The second kappa shape index (κ2) is 7.63. The van der Waals surface area contributed by atoms with Crippen molar-refractivity contribution in [1.82, 2.24) is 19.7 Å². The number of fused-ring (bicyclic) bond motifs is 3. The molecule has 1 aromatic carbocycles. The molecule has 2 aromatic heterocycles. The molecule has 0 saturated carbocycles. The van der Waals surface area contributed by atoms with E-state index in [1.54, 1.807) is 34.2 Å². The van der Waals surface area contributed by atoms with Crippen molar-refractivity contribution in [1.29, 1.82) is 0 Å². The molecular weight excluding hydrogens is 394 g/mol. The van der Waals surface area contributed by atoms with Crippen LogP contribution in [0.25, 0.3) is 16.4 Å². The molecule has 0 saturated heterocycles. The minimum Gasteiger partial charge on any atom is -0.492 e. The second-order valence-corrected chi connectivity index (χ2v) is 7.87. The Morgan fingerprint density at radius 1 is 1.38 bits per heavy atom. The lowest BCUT2D eigenvalue weighted by atomic mass is 10.1. The molecule has 2 N–H and O–H groups in total. The minimum atomic E-state index is -0.710. The molecule has 3 aromatic rings. The number of carbonyl (C=O) groups excluding carboxylic acids is 2. The summed E-state index contributed by atoms with van der Waals surface area (Å²) in [5.41, 5.74) is 6.89. The third-order valence-electron chi connectivity index (χ3n) is 4.36. The number of nitrogens with two attached hydrogens (primary N) is 1. The molecule has 0 unspecified atom stereocenters. The summed E-state index contributed by atoms with van der Waals surface area (Å²) in [6.07, 6.45) is 2.22. The Morgan fingerprint density at radius 3 is 2.97 bits per heavy atom. The van der Waals surface area contributed by atoms with E-state index < -0.39 is 18.5 Å². The number of hydrogen-bond acceptors (Lipinski definition) is 8. The van der Waals surface area contributed by atoms with Crippen LogP contribution < -0.4 is 10.5 Å². The van der Waals surface area contributed by atoms with E-state index >= 15 is 0 Å². The normalized spacial score (nSPS) is 12.7. The fourth-order valence-electron chi connectivity index (χ4n) is 3.04. The van der Waals surface area contributed by atoms with Crippen LogP contribution in [-0.2, 0) is 16.0 Å². The molecule has 9 nitrogen and oxygen atoms in total. The van der Waals surface area contributed by atoms with E-state index in [0.717, 1.165) is 27.1 Å². The Morgan fingerprint density at radius 2 is 2.21 bits per heavy atom. The smallest absolute Gasteiger partial charge is 0.338 e. The molecule has 1 aliphatic rings. The molecule has 0 radical (unpaired) electrons. The molecular formula is C19H19N5O4S. The first-order valence-corrected chi connectivity index (χ1v) is 9.88. The van der Waals surface area contributed by atoms with Crippen LogP contribution in [0.2, 0.25) is 0 Å². The lowest BCUT2D eigenvalue weighted by Gasteiger charge is -2.09. The number of primary amides is 1. The van der Waals surface area contributed by atoms with Gasteiger partial charge in [-0.3, -0.25) is 4.79 Å². The maximum atomic E-state index is 12.1. The lowest BCUT2D eigenvalue weighted by molar-refractivity contribution is -0.121. The molecule has 4 rings (SSSR count). The van der Waals surface area contributed by atoms with E-state index in [4.69, 9.17) is 20.2 Å². The number of benzene rings is 1. The van der Waals surface area contributed by atoms with Gasteiger partial charge in [0.1, 0.15) is 17.9 Å². The van der Waals surface area contributed by atoms with Crippen molar-refractivity contribution in [3.05, 3.63) is 40.8 Å². The summed E-state index contributed by atoms with van der Waals surface area (Å²) in [7, 11) is 0. The highest BCUT2D eigenvalue weighted by Crippen LogP contribution is 2.39. The summed E-state index contributed by atoms with van der Waals surface area (Å²) in [6.45, 7) is 4.10. The van der Waals surface area contributed by atoms with Gasteiger partial charge in [0, 0.05) is 22.8 Å². The van der Waals surface area contributed by atoms with Gasteiger partial charge in [-0.2, -0.15) is 9.78 Å². The first-order valence-electron chi connectivity index (χ1n) is 9.06. The molecule has 1 aliphatic heterocycles. The molecule has 0 atom stereocenters. The van der Waals surface area contributed by atoms with Gasteiger partial charge in [-0.15, -0.1) is 0 Å². The molecule has 1 amide bonds. The quantitative estimate of drug-likeness (QED) is 0.636. The molecule has 0 spiro atoms. The summed E-state index contributed by atoms with van der Waals surface area (Å²) in [5.74, 6) is 0.251. The Bertz CT molecular complexity index is 1090. The van der Waals surface area contributed by atoms with Crippen molar-refractivity contribution in [2.24, 2.45) is 5.73 Å². The van der Waals surface area contributed by atoms with E-state index in [0.29, 0.717) is 18.8 Å². The molecule has 10 heteroatoms. The predicted molar refractivity (Wildman–Crippen MR) is 105 cm³/mol. The fourth-order valence-corrected chi connectivity index (χ4v) is 4.06. The van der Waals surface area contributed by atoms with Crippen molar-refractivity contribution < 1.29 is 19.1 Å². The van der Waals surface area contributed by atoms with Gasteiger partial charge in [-0.1, -0.05) is 25.2 Å². The molecule has 0 bridgehead atoms. The van der Waals surface area contributed by atoms with E-state index in [9.17, 15) is 9.59 Å². The van der Waals surface area contributed by atoms with Crippen LogP contribution in [0.1, 0.15) is 40.8 Å². The van der Waals surface area contributed by atoms with Crippen molar-refractivity contribution >= 4 is 23.2 Å². The largest absolute Gasteiger partial charge is 0.492 e. The fraction of sp³-hybridized carbons (Fsp3) is 0.316. The topological polar surface area (TPSA) is 122 Å². The summed E-state index contributed by atoms with van der Waals surface area (Å²) in [5, 5.41) is 5.07. The van der Waals surface area contributed by atoms with Crippen molar-refractivity contribution in [2.45, 2.75) is 26.2 Å². The number of carbonyl (C=O) groups is 2. The number of thiazole rings is 1. The van der Waals surface area contributed by atoms with Gasteiger partial charge in [-0.05, 0) is 18.2 Å². The van der Waals surface area contributed by atoms with Crippen LogP contribution in [0.3, 0.4) is 0 Å². The minimum absolute atomic E-state index is 0.214. The zero-order valence-electron chi connectivity index (χ0n) is 15.9. The number of esters is 1. The highest BCUT2D eigenvalue weighted by molar-refractivity contribution is 7.14. The Hall–Kier alpha value is -3.27. The molecule has 150 valence electrons. The van der Waals surface area contributed by atoms with Crippen LogP contribution in [0.5, 0.6) is 5.75 Å². The average molecular weight is 413 g/mol. The highest BCUT2D eigenvalue weighted by atomic mass is 32.1. The van der Waals surface area contributed by atoms with Gasteiger partial charge in [0.05, 0.1) is 17.9 Å². The lowest BCUT2D eigenvalue weighted by Crippen LogP contribution is -2.20. The van der Waals surface area contributed by atoms with E-state index in [1.165, 1.54) is 6.33 Å². The van der Waals surface area contributed by atoms with Crippen LogP contribution >= 0.6 is 11.3 Å². The number of amides is 1. The second-order valence-electron chi connectivity index (χ2n) is 6.80. The van der Waals surface area contributed by atoms with Crippen molar-refractivity contribution in [2.75, 3.05) is 13.2 Å². The third-order valence-corrected chi connectivity index (χ3v) is 5.45. The molecule has 29 heavy (non-hydrogen) atoms. The van der Waals surface area contributed by atoms with Crippen molar-refractivity contribution in [3.63, 3.8) is 0 Å². The number of nitrogens with zero attached hydrogens (tertiary/aromatic N) is 4. The Labute approximate surface area is 170 Å². The monoisotopic (exact) mass is 413 g/mol. The van der Waals surface area contributed by atoms with E-state index in [1.807, 2.05) is 0 Å². The molecule has 0 fully saturated rings. The van der Waals surface area contributed by atoms with Gasteiger partial charge >= 0.3 is 5.97 Å². The zero-order chi connectivity index (χ0) is 20.5.